The van der Waals surface area contributed by atoms with Crippen LogP contribution >= 0.6 is 0 Å². The van der Waals surface area contributed by atoms with Gasteiger partial charge in [-0.3, -0.25) is 19.8 Å². The van der Waals surface area contributed by atoms with Crippen molar-refractivity contribution >= 4 is 11.8 Å². The van der Waals surface area contributed by atoms with Crippen LogP contribution in [0.25, 0.3) is 0 Å². The van der Waals surface area contributed by atoms with Crippen LogP contribution in [0.15, 0.2) is 0 Å². The number of imide groups is 1. The minimum absolute atomic E-state index is 0.0432. The quantitative estimate of drug-likeness (QED) is 0.803. The average molecular weight is 278 g/mol. The molecule has 0 radical (unpaired) electrons. The standard InChI is InChI=1S/C16H26N2O2/c1-2-16(9-6-10-16)17-13-11-14(19)18(15(13)20)12-7-4-3-5-8-12/h12-13,17H,2-11H2,1H3. The lowest BCUT2D eigenvalue weighted by Crippen LogP contribution is -2.57. The van der Waals surface area contributed by atoms with E-state index >= 15 is 0 Å². The zero-order valence-electron chi connectivity index (χ0n) is 12.5. The lowest BCUT2D eigenvalue weighted by Gasteiger charge is -2.43. The van der Waals surface area contributed by atoms with Crippen LogP contribution in [-0.2, 0) is 9.59 Å². The van der Waals surface area contributed by atoms with Crippen molar-refractivity contribution in [2.45, 2.75) is 88.8 Å². The summed E-state index contributed by atoms with van der Waals surface area (Å²) in [5.74, 6) is 0.0894. The van der Waals surface area contributed by atoms with E-state index in [0.717, 1.165) is 44.9 Å². The van der Waals surface area contributed by atoms with Crippen LogP contribution in [0.5, 0.6) is 0 Å². The van der Waals surface area contributed by atoms with Gasteiger partial charge in [0.25, 0.3) is 0 Å². The van der Waals surface area contributed by atoms with Gasteiger partial charge in [0.05, 0.1) is 12.5 Å². The van der Waals surface area contributed by atoms with E-state index in [9.17, 15) is 9.59 Å². The van der Waals surface area contributed by atoms with Crippen LogP contribution in [0.1, 0.15) is 71.1 Å². The molecule has 1 N–H and O–H groups in total. The van der Waals surface area contributed by atoms with Gasteiger partial charge in [-0.2, -0.15) is 0 Å². The molecule has 3 rings (SSSR count). The summed E-state index contributed by atoms with van der Waals surface area (Å²) in [5.41, 5.74) is 0.128. The predicted molar refractivity (Wildman–Crippen MR) is 77.1 cm³/mol. The highest BCUT2D eigenvalue weighted by Gasteiger charge is 2.46. The van der Waals surface area contributed by atoms with E-state index < -0.39 is 0 Å². The highest BCUT2D eigenvalue weighted by atomic mass is 16.2. The van der Waals surface area contributed by atoms with Gasteiger partial charge in [-0.1, -0.05) is 26.2 Å². The van der Waals surface area contributed by atoms with Crippen molar-refractivity contribution in [3.05, 3.63) is 0 Å². The maximum Gasteiger partial charge on any atom is 0.247 e. The van der Waals surface area contributed by atoms with Crippen LogP contribution in [0, 0.1) is 0 Å². The van der Waals surface area contributed by atoms with E-state index in [1.165, 1.54) is 12.8 Å². The first kappa shape index (κ1) is 14.1. The average Bonchev–Trinajstić information content (AvgIpc) is 2.69. The van der Waals surface area contributed by atoms with Crippen molar-refractivity contribution in [1.29, 1.82) is 0 Å². The molecule has 2 aliphatic carbocycles. The van der Waals surface area contributed by atoms with Gasteiger partial charge < -0.3 is 0 Å². The molecule has 1 unspecified atom stereocenters. The molecule has 0 aromatic heterocycles. The molecular weight excluding hydrogens is 252 g/mol. The molecule has 0 spiro atoms. The third-order valence-electron chi connectivity index (χ3n) is 5.59. The van der Waals surface area contributed by atoms with Gasteiger partial charge in [0.2, 0.25) is 11.8 Å². The first-order chi connectivity index (χ1) is 9.65. The Hall–Kier alpha value is -0.900. The predicted octanol–water partition coefficient (Wildman–Crippen LogP) is 2.37. The van der Waals surface area contributed by atoms with Gasteiger partial charge in [-0.15, -0.1) is 0 Å². The third kappa shape index (κ3) is 2.39. The van der Waals surface area contributed by atoms with Crippen molar-refractivity contribution in [2.24, 2.45) is 0 Å². The van der Waals surface area contributed by atoms with E-state index in [2.05, 4.69) is 12.2 Å². The Morgan fingerprint density at radius 1 is 1.15 bits per heavy atom. The summed E-state index contributed by atoms with van der Waals surface area (Å²) >= 11 is 0. The van der Waals surface area contributed by atoms with Crippen LogP contribution in [0.3, 0.4) is 0 Å². The van der Waals surface area contributed by atoms with Crippen molar-refractivity contribution in [2.75, 3.05) is 0 Å². The molecule has 0 aromatic carbocycles. The van der Waals surface area contributed by atoms with Gasteiger partial charge >= 0.3 is 0 Å². The molecule has 0 bridgehead atoms. The first-order valence-electron chi connectivity index (χ1n) is 8.29. The second-order valence-corrected chi connectivity index (χ2v) is 6.78. The topological polar surface area (TPSA) is 49.4 Å². The number of rotatable bonds is 4. The molecule has 1 heterocycles. The molecule has 2 saturated carbocycles. The fraction of sp³-hybridized carbons (Fsp3) is 0.875. The molecule has 0 aromatic rings. The van der Waals surface area contributed by atoms with Gasteiger partial charge in [-0.25, -0.2) is 0 Å². The summed E-state index contributed by atoms with van der Waals surface area (Å²) in [6.07, 6.45) is 10.5. The Morgan fingerprint density at radius 2 is 1.85 bits per heavy atom. The van der Waals surface area contributed by atoms with Crippen molar-refractivity contribution in [3.8, 4) is 0 Å². The number of hydrogen-bond donors (Lipinski definition) is 1. The summed E-state index contributed by atoms with van der Waals surface area (Å²) in [7, 11) is 0. The zero-order chi connectivity index (χ0) is 14.2. The molecule has 3 aliphatic rings. The van der Waals surface area contributed by atoms with E-state index in [1.807, 2.05) is 0 Å². The Labute approximate surface area is 121 Å². The minimum atomic E-state index is -0.260. The Kier molecular flexibility index (Phi) is 3.85. The SMILES string of the molecule is CCC1(NC2CC(=O)N(C3CCCCC3)C2=O)CCC1. The first-order valence-corrected chi connectivity index (χ1v) is 8.29. The molecule has 2 amide bonds. The summed E-state index contributed by atoms with van der Waals surface area (Å²) in [4.78, 5) is 26.4. The summed E-state index contributed by atoms with van der Waals surface area (Å²) in [6.45, 7) is 2.17. The Balaban J connectivity index is 1.66. The van der Waals surface area contributed by atoms with E-state index in [4.69, 9.17) is 0 Å². The van der Waals surface area contributed by atoms with Crippen LogP contribution in [0.4, 0.5) is 0 Å². The number of carbonyl (C=O) groups is 2. The maximum atomic E-state index is 12.6. The molecule has 3 fully saturated rings. The number of amides is 2. The monoisotopic (exact) mass is 278 g/mol. The van der Waals surface area contributed by atoms with Crippen LogP contribution in [0.2, 0.25) is 0 Å². The van der Waals surface area contributed by atoms with Gasteiger partial charge in [0.1, 0.15) is 0 Å². The second-order valence-electron chi connectivity index (χ2n) is 6.78. The number of hydrogen-bond acceptors (Lipinski definition) is 3. The van der Waals surface area contributed by atoms with Gasteiger partial charge in [0.15, 0.2) is 0 Å². The highest BCUT2D eigenvalue weighted by molar-refractivity contribution is 6.05. The third-order valence-corrected chi connectivity index (χ3v) is 5.59. The summed E-state index contributed by atoms with van der Waals surface area (Å²) < 4.78 is 0. The summed E-state index contributed by atoms with van der Waals surface area (Å²) in [6, 6.07) is -0.0841. The van der Waals surface area contributed by atoms with Crippen molar-refractivity contribution in [3.63, 3.8) is 0 Å². The lowest BCUT2D eigenvalue weighted by molar-refractivity contribution is -0.142. The fourth-order valence-electron chi connectivity index (χ4n) is 4.06. The molecule has 4 heteroatoms. The smallest absolute Gasteiger partial charge is 0.247 e. The molecule has 1 atom stereocenters. The Bertz CT molecular complexity index is 392. The number of likely N-dealkylation sites (tertiary alicyclic amines) is 1. The van der Waals surface area contributed by atoms with Crippen molar-refractivity contribution < 1.29 is 9.59 Å². The normalized spacial score (nSPS) is 30.6. The highest BCUT2D eigenvalue weighted by Crippen LogP contribution is 2.36. The molecular formula is C16H26N2O2. The number of carbonyl (C=O) groups excluding carboxylic acids is 2. The number of nitrogens with zero attached hydrogens (tertiary/aromatic N) is 1. The van der Waals surface area contributed by atoms with Crippen LogP contribution in [-0.4, -0.2) is 34.3 Å². The number of nitrogens with one attached hydrogen (secondary N) is 1. The van der Waals surface area contributed by atoms with E-state index in [-0.39, 0.29) is 29.4 Å². The van der Waals surface area contributed by atoms with Gasteiger partial charge in [0, 0.05) is 11.6 Å². The molecule has 1 aliphatic heterocycles. The lowest BCUT2D eigenvalue weighted by atomic mass is 9.74. The largest absolute Gasteiger partial charge is 0.300 e. The minimum Gasteiger partial charge on any atom is -0.300 e. The van der Waals surface area contributed by atoms with E-state index in [0.29, 0.717) is 6.42 Å². The zero-order valence-corrected chi connectivity index (χ0v) is 12.5. The maximum absolute atomic E-state index is 12.6. The van der Waals surface area contributed by atoms with Crippen LogP contribution < -0.4 is 5.32 Å². The van der Waals surface area contributed by atoms with Crippen molar-refractivity contribution in [1.82, 2.24) is 10.2 Å². The molecule has 112 valence electrons. The molecule has 20 heavy (non-hydrogen) atoms. The Morgan fingerprint density at radius 3 is 2.40 bits per heavy atom. The molecule has 4 nitrogen and oxygen atoms in total. The summed E-state index contributed by atoms with van der Waals surface area (Å²) in [5, 5.41) is 3.52. The van der Waals surface area contributed by atoms with Gasteiger partial charge in [-0.05, 0) is 38.5 Å². The second kappa shape index (κ2) is 5.47. The fourth-order valence-corrected chi connectivity index (χ4v) is 4.06. The van der Waals surface area contributed by atoms with E-state index in [1.54, 1.807) is 4.90 Å². The molecule has 1 saturated heterocycles.